The molecule has 0 aromatic rings. The van der Waals surface area contributed by atoms with E-state index >= 15 is 0 Å². The molecule has 0 radical (unpaired) electrons. The van der Waals surface area contributed by atoms with Crippen LogP contribution in [0.3, 0.4) is 0 Å². The lowest BCUT2D eigenvalue weighted by molar-refractivity contribution is -0.144. The summed E-state index contributed by atoms with van der Waals surface area (Å²) >= 11 is 0. The summed E-state index contributed by atoms with van der Waals surface area (Å²) in [4.78, 5) is 11.7. The number of hydrogen-bond donors (Lipinski definition) is 1. The van der Waals surface area contributed by atoms with Gasteiger partial charge >= 0.3 is 12.1 Å². The lowest BCUT2D eigenvalue weighted by Gasteiger charge is -2.20. The van der Waals surface area contributed by atoms with Crippen molar-refractivity contribution < 1.29 is 23.1 Å². The molecule has 1 N–H and O–H groups in total. The van der Waals surface area contributed by atoms with Gasteiger partial charge in [0.2, 0.25) is 0 Å². The van der Waals surface area contributed by atoms with Crippen LogP contribution in [0.2, 0.25) is 0 Å². The van der Waals surface area contributed by atoms with E-state index in [1.54, 1.807) is 13.8 Å². The van der Waals surface area contributed by atoms with Gasteiger partial charge in [0.25, 0.3) is 0 Å². The fourth-order valence-electron chi connectivity index (χ4n) is 1.18. The van der Waals surface area contributed by atoms with Gasteiger partial charge in [-0.3, -0.25) is 4.90 Å². The Hall–Kier alpha value is -1.04. The highest BCUT2D eigenvalue weighted by Gasteiger charge is 2.29. The van der Waals surface area contributed by atoms with Crippen LogP contribution < -0.4 is 0 Å². The third kappa shape index (κ3) is 6.44. The Morgan fingerprint density at radius 3 is 2.25 bits per heavy atom. The standard InChI is InChI=1S/C10H16F3NO2/c1-3-8(9(15)16)5-6-14(4-2)7-10(11,12)13/h5H,3-4,6-7H2,1-2H3,(H,15,16). The van der Waals surface area contributed by atoms with Crippen LogP contribution in [0.4, 0.5) is 13.2 Å². The number of carboxylic acid groups (broad SMARTS) is 1. The van der Waals surface area contributed by atoms with Gasteiger partial charge in [-0.2, -0.15) is 13.2 Å². The SMILES string of the molecule is CCC(=CCN(CC)CC(F)(F)F)C(=O)O. The zero-order chi connectivity index (χ0) is 12.8. The second-order valence-electron chi connectivity index (χ2n) is 3.33. The van der Waals surface area contributed by atoms with E-state index in [1.165, 1.54) is 6.08 Å². The van der Waals surface area contributed by atoms with Crippen LogP contribution in [0, 0.1) is 0 Å². The molecule has 0 rings (SSSR count). The largest absolute Gasteiger partial charge is 0.478 e. The van der Waals surface area contributed by atoms with Gasteiger partial charge in [-0.1, -0.05) is 19.9 Å². The minimum Gasteiger partial charge on any atom is -0.478 e. The molecule has 0 fully saturated rings. The molecule has 16 heavy (non-hydrogen) atoms. The van der Waals surface area contributed by atoms with Crippen LogP contribution >= 0.6 is 0 Å². The third-order valence-electron chi connectivity index (χ3n) is 2.10. The van der Waals surface area contributed by atoms with Crippen molar-refractivity contribution in [3.63, 3.8) is 0 Å². The van der Waals surface area contributed by atoms with Crippen LogP contribution in [0.1, 0.15) is 20.3 Å². The molecule has 3 nitrogen and oxygen atoms in total. The van der Waals surface area contributed by atoms with Crippen LogP contribution in [0.5, 0.6) is 0 Å². The molecule has 0 aromatic carbocycles. The predicted molar refractivity (Wildman–Crippen MR) is 54.2 cm³/mol. The molecule has 0 saturated heterocycles. The van der Waals surface area contributed by atoms with Crippen LogP contribution in [0.15, 0.2) is 11.6 Å². The quantitative estimate of drug-likeness (QED) is 0.723. The summed E-state index contributed by atoms with van der Waals surface area (Å²) in [5, 5.41) is 8.68. The van der Waals surface area contributed by atoms with Crippen LogP contribution in [-0.2, 0) is 4.79 Å². The summed E-state index contributed by atoms with van der Waals surface area (Å²) in [5.74, 6) is -1.08. The minimum atomic E-state index is -4.25. The zero-order valence-corrected chi connectivity index (χ0v) is 9.34. The molecule has 0 saturated carbocycles. The Balaban J connectivity index is 4.38. The molecule has 0 spiro atoms. The van der Waals surface area contributed by atoms with E-state index < -0.39 is 18.7 Å². The molecule has 0 amide bonds. The van der Waals surface area contributed by atoms with Crippen molar-refractivity contribution in [1.82, 2.24) is 4.90 Å². The first-order valence-electron chi connectivity index (χ1n) is 5.01. The van der Waals surface area contributed by atoms with E-state index in [1.807, 2.05) is 0 Å². The van der Waals surface area contributed by atoms with Gasteiger partial charge in [0.05, 0.1) is 6.54 Å². The fourth-order valence-corrected chi connectivity index (χ4v) is 1.18. The highest BCUT2D eigenvalue weighted by Crippen LogP contribution is 2.16. The minimum absolute atomic E-state index is 0.00544. The van der Waals surface area contributed by atoms with Crippen molar-refractivity contribution in [3.05, 3.63) is 11.6 Å². The lowest BCUT2D eigenvalue weighted by Crippen LogP contribution is -2.34. The average molecular weight is 239 g/mol. The number of carboxylic acids is 1. The Morgan fingerprint density at radius 2 is 1.94 bits per heavy atom. The molecule has 0 unspecified atom stereocenters. The Bertz CT molecular complexity index is 261. The average Bonchev–Trinajstić information content (AvgIpc) is 2.14. The smallest absolute Gasteiger partial charge is 0.401 e. The Labute approximate surface area is 92.5 Å². The molecule has 0 aliphatic rings. The van der Waals surface area contributed by atoms with E-state index in [-0.39, 0.29) is 18.7 Å². The maximum Gasteiger partial charge on any atom is 0.401 e. The monoisotopic (exact) mass is 239 g/mol. The van der Waals surface area contributed by atoms with Gasteiger partial charge < -0.3 is 5.11 Å². The number of nitrogens with zero attached hydrogens (tertiary/aromatic N) is 1. The Kier molecular flexibility index (Phi) is 6.10. The first-order chi connectivity index (χ1) is 7.30. The number of hydrogen-bond acceptors (Lipinski definition) is 2. The number of carbonyl (C=O) groups is 1. The third-order valence-corrected chi connectivity index (χ3v) is 2.10. The van der Waals surface area contributed by atoms with Crippen molar-refractivity contribution in [2.24, 2.45) is 0 Å². The van der Waals surface area contributed by atoms with Crippen molar-refractivity contribution in [2.45, 2.75) is 26.4 Å². The maximum absolute atomic E-state index is 12.1. The van der Waals surface area contributed by atoms with E-state index in [0.29, 0.717) is 6.42 Å². The van der Waals surface area contributed by atoms with Crippen molar-refractivity contribution in [3.8, 4) is 0 Å². The summed E-state index contributed by atoms with van der Waals surface area (Å²) in [6.45, 7) is 2.47. The normalized spacial score (nSPS) is 13.2. The van der Waals surface area contributed by atoms with E-state index in [2.05, 4.69) is 0 Å². The van der Waals surface area contributed by atoms with Gasteiger partial charge in [0.1, 0.15) is 0 Å². The summed E-state index contributed by atoms with van der Waals surface area (Å²) in [6, 6.07) is 0. The molecule has 0 bridgehead atoms. The number of likely N-dealkylation sites (N-methyl/N-ethyl adjacent to an activating group) is 1. The van der Waals surface area contributed by atoms with E-state index in [0.717, 1.165) is 4.90 Å². The second kappa shape index (κ2) is 6.52. The molecular formula is C10H16F3NO2. The van der Waals surface area contributed by atoms with Gasteiger partial charge in [0, 0.05) is 12.1 Å². The highest BCUT2D eigenvalue weighted by atomic mass is 19.4. The van der Waals surface area contributed by atoms with Gasteiger partial charge in [0.15, 0.2) is 0 Å². The Morgan fingerprint density at radius 1 is 1.38 bits per heavy atom. The lowest BCUT2D eigenvalue weighted by atomic mass is 10.2. The summed E-state index contributed by atoms with van der Waals surface area (Å²) in [7, 11) is 0. The second-order valence-corrected chi connectivity index (χ2v) is 3.33. The van der Waals surface area contributed by atoms with Gasteiger partial charge in [-0.05, 0) is 13.0 Å². The maximum atomic E-state index is 12.1. The van der Waals surface area contributed by atoms with Crippen LogP contribution in [0.25, 0.3) is 0 Å². The summed E-state index contributed by atoms with van der Waals surface area (Å²) in [5.41, 5.74) is 0.139. The van der Waals surface area contributed by atoms with E-state index in [9.17, 15) is 18.0 Å². The topological polar surface area (TPSA) is 40.5 Å². The molecular weight excluding hydrogens is 223 g/mol. The fraction of sp³-hybridized carbons (Fsp3) is 0.700. The molecule has 0 aliphatic heterocycles. The zero-order valence-electron chi connectivity index (χ0n) is 9.34. The highest BCUT2D eigenvalue weighted by molar-refractivity contribution is 5.86. The molecule has 0 aromatic heterocycles. The number of rotatable bonds is 6. The number of aliphatic carboxylic acids is 1. The predicted octanol–water partition coefficient (Wildman–Crippen LogP) is 2.29. The van der Waals surface area contributed by atoms with E-state index in [4.69, 9.17) is 5.11 Å². The van der Waals surface area contributed by atoms with Crippen molar-refractivity contribution >= 4 is 5.97 Å². The summed E-state index contributed by atoms with van der Waals surface area (Å²) in [6.07, 6.45) is -2.62. The summed E-state index contributed by atoms with van der Waals surface area (Å²) < 4.78 is 36.2. The number of alkyl halides is 3. The molecule has 0 heterocycles. The molecule has 0 aliphatic carbocycles. The first-order valence-corrected chi connectivity index (χ1v) is 5.01. The van der Waals surface area contributed by atoms with Gasteiger partial charge in [-0.15, -0.1) is 0 Å². The van der Waals surface area contributed by atoms with Crippen molar-refractivity contribution in [1.29, 1.82) is 0 Å². The van der Waals surface area contributed by atoms with Crippen LogP contribution in [-0.4, -0.2) is 41.8 Å². The number of halogens is 3. The molecule has 0 atom stereocenters. The first kappa shape index (κ1) is 15.0. The van der Waals surface area contributed by atoms with Crippen molar-refractivity contribution in [2.75, 3.05) is 19.6 Å². The molecule has 94 valence electrons. The molecule has 6 heteroatoms. The van der Waals surface area contributed by atoms with Gasteiger partial charge in [-0.25, -0.2) is 4.79 Å².